The molecule has 0 bridgehead atoms. The average molecular weight is 545 g/mol. The second kappa shape index (κ2) is 10.7. The maximum atomic E-state index is 14.9. The number of hydrogen-bond acceptors (Lipinski definition) is 4. The zero-order chi connectivity index (χ0) is 27.8. The van der Waals surface area contributed by atoms with Gasteiger partial charge < -0.3 is 9.80 Å². The summed E-state index contributed by atoms with van der Waals surface area (Å²) < 4.78 is 16.5. The second-order valence-electron chi connectivity index (χ2n) is 10.1. The van der Waals surface area contributed by atoms with E-state index in [0.29, 0.717) is 36.4 Å². The fourth-order valence-electron chi connectivity index (χ4n) is 5.34. The number of hydrogen-bond donors (Lipinski definition) is 0. The molecule has 0 saturated carbocycles. The van der Waals surface area contributed by atoms with Gasteiger partial charge in [-0.05, 0) is 48.7 Å². The Kier molecular flexibility index (Phi) is 7.28. The number of anilines is 1. The van der Waals surface area contributed by atoms with Crippen LogP contribution in [0, 0.1) is 5.82 Å². The van der Waals surface area contributed by atoms with Crippen molar-refractivity contribution in [2.75, 3.05) is 24.5 Å². The molecule has 0 unspecified atom stereocenters. The largest absolute Gasteiger partial charge is 0.365 e. The van der Waals surface area contributed by atoms with Crippen LogP contribution in [-0.2, 0) is 4.79 Å². The molecule has 39 heavy (non-hydrogen) atoms. The van der Waals surface area contributed by atoms with E-state index in [9.17, 15) is 14.0 Å². The van der Waals surface area contributed by atoms with Crippen molar-refractivity contribution in [3.63, 3.8) is 0 Å². The highest BCUT2D eigenvalue weighted by molar-refractivity contribution is 6.34. The quantitative estimate of drug-likeness (QED) is 0.281. The predicted molar refractivity (Wildman–Crippen MR) is 155 cm³/mol. The number of rotatable bonds is 5. The summed E-state index contributed by atoms with van der Waals surface area (Å²) in [7, 11) is 0. The van der Waals surface area contributed by atoms with Crippen LogP contribution in [-0.4, -0.2) is 46.0 Å². The fraction of sp³-hybridized carbons (Fsp3) is 0.258. The van der Waals surface area contributed by atoms with E-state index in [1.54, 1.807) is 39.8 Å². The van der Waals surface area contributed by atoms with E-state index in [0.717, 1.165) is 11.3 Å². The van der Waals surface area contributed by atoms with Crippen LogP contribution in [0.4, 0.5) is 10.1 Å². The highest BCUT2D eigenvalue weighted by atomic mass is 35.5. The number of para-hydroxylation sites is 1. The Morgan fingerprint density at radius 1 is 1.10 bits per heavy atom. The highest BCUT2D eigenvalue weighted by Crippen LogP contribution is 2.36. The molecule has 2 aromatic heterocycles. The lowest BCUT2D eigenvalue weighted by Gasteiger charge is -2.41. The topological polar surface area (TPSA) is 58.4 Å². The van der Waals surface area contributed by atoms with Gasteiger partial charge in [0.1, 0.15) is 11.5 Å². The Balaban J connectivity index is 1.78. The van der Waals surface area contributed by atoms with E-state index in [2.05, 4.69) is 25.3 Å². The van der Waals surface area contributed by atoms with Gasteiger partial charge in [-0.2, -0.15) is 0 Å². The van der Waals surface area contributed by atoms with Crippen molar-refractivity contribution >= 4 is 34.2 Å². The summed E-state index contributed by atoms with van der Waals surface area (Å²) in [6, 6.07) is 17.4. The second-order valence-corrected chi connectivity index (χ2v) is 10.5. The van der Waals surface area contributed by atoms with Gasteiger partial charge in [0.15, 0.2) is 0 Å². The van der Waals surface area contributed by atoms with Gasteiger partial charge in [-0.1, -0.05) is 62.4 Å². The third-order valence-corrected chi connectivity index (χ3v) is 7.56. The Morgan fingerprint density at radius 3 is 2.51 bits per heavy atom. The number of pyridine rings is 2. The van der Waals surface area contributed by atoms with E-state index in [1.165, 1.54) is 12.1 Å². The first-order valence-electron chi connectivity index (χ1n) is 13.0. The number of aromatic nitrogens is 2. The van der Waals surface area contributed by atoms with Gasteiger partial charge in [-0.15, -0.1) is 0 Å². The van der Waals surface area contributed by atoms with Crippen molar-refractivity contribution in [2.45, 2.75) is 32.7 Å². The molecular formula is C31H30ClFN4O2. The third-order valence-electron chi connectivity index (χ3n) is 7.28. The van der Waals surface area contributed by atoms with Crippen LogP contribution in [0.25, 0.3) is 28.0 Å². The van der Waals surface area contributed by atoms with Crippen molar-refractivity contribution in [2.24, 2.45) is 0 Å². The third kappa shape index (κ3) is 4.83. The minimum atomic E-state index is -0.449. The van der Waals surface area contributed by atoms with Gasteiger partial charge in [0.2, 0.25) is 5.91 Å². The minimum absolute atomic E-state index is 0.0749. The van der Waals surface area contributed by atoms with E-state index in [-0.39, 0.29) is 39.7 Å². The lowest BCUT2D eigenvalue weighted by molar-refractivity contribution is -0.126. The maximum Gasteiger partial charge on any atom is 0.258 e. The van der Waals surface area contributed by atoms with Gasteiger partial charge in [0.25, 0.3) is 5.56 Å². The summed E-state index contributed by atoms with van der Waals surface area (Å²) in [6.07, 6.45) is 1.32. The lowest BCUT2D eigenvalue weighted by atomic mass is 10.0. The van der Waals surface area contributed by atoms with Crippen molar-refractivity contribution in [1.82, 2.24) is 14.5 Å². The first-order chi connectivity index (χ1) is 18.7. The molecule has 2 aromatic carbocycles. The number of carbonyl (C=O) groups is 1. The molecule has 200 valence electrons. The summed E-state index contributed by atoms with van der Waals surface area (Å²) in [5, 5.41) is 0.956. The molecule has 6 nitrogen and oxygen atoms in total. The van der Waals surface area contributed by atoms with E-state index >= 15 is 0 Å². The normalized spacial score (nSPS) is 15.7. The maximum absolute atomic E-state index is 14.9. The number of carbonyl (C=O) groups excluding carboxylic acids is 1. The molecule has 5 rings (SSSR count). The van der Waals surface area contributed by atoms with Gasteiger partial charge in [0.05, 0.1) is 22.1 Å². The summed E-state index contributed by atoms with van der Waals surface area (Å²) in [5.74, 6) is -0.418. The summed E-state index contributed by atoms with van der Waals surface area (Å²) in [4.78, 5) is 34.9. The minimum Gasteiger partial charge on any atom is -0.365 e. The molecule has 1 aliphatic heterocycles. The standard InChI is InChI=1S/C31H30ClFN4O2/c1-5-28(38)35-14-15-36(20(4)18-35)27-17-29(39)37(26-13-9-7-10-21(26)19(2)3)31-23(27)16-24(32)30(34-31)22-11-6-8-12-25(22)33/h5-13,16-17,19-20H,1,14-15,18H2,2-4H3/t20-/m0/s1. The number of nitrogens with zero attached hydrogens (tertiary/aromatic N) is 4. The molecule has 3 heterocycles. The van der Waals surface area contributed by atoms with Gasteiger partial charge in [-0.25, -0.2) is 9.37 Å². The van der Waals surface area contributed by atoms with E-state index in [1.807, 2.05) is 31.2 Å². The molecule has 0 radical (unpaired) electrons. The van der Waals surface area contributed by atoms with Crippen molar-refractivity contribution in [1.29, 1.82) is 0 Å². The average Bonchev–Trinajstić information content (AvgIpc) is 2.92. The molecule has 1 amide bonds. The van der Waals surface area contributed by atoms with Crippen molar-refractivity contribution < 1.29 is 9.18 Å². The Bertz CT molecular complexity index is 1650. The molecule has 1 saturated heterocycles. The number of piperazine rings is 1. The van der Waals surface area contributed by atoms with Crippen LogP contribution in [0.3, 0.4) is 0 Å². The highest BCUT2D eigenvalue weighted by Gasteiger charge is 2.29. The number of benzene rings is 2. The molecule has 8 heteroatoms. The molecule has 1 aliphatic rings. The first-order valence-corrected chi connectivity index (χ1v) is 13.4. The van der Waals surface area contributed by atoms with Crippen LogP contribution >= 0.6 is 11.6 Å². The van der Waals surface area contributed by atoms with Crippen molar-refractivity contribution in [3.8, 4) is 16.9 Å². The number of halogens is 2. The van der Waals surface area contributed by atoms with E-state index < -0.39 is 5.82 Å². The Hall–Kier alpha value is -3.97. The summed E-state index contributed by atoms with van der Waals surface area (Å²) >= 11 is 6.76. The summed E-state index contributed by atoms with van der Waals surface area (Å²) in [6.45, 7) is 11.2. The molecule has 1 fully saturated rings. The molecule has 0 aliphatic carbocycles. The SMILES string of the molecule is C=CC(=O)N1CCN(c2cc(=O)n(-c3ccccc3C(C)C)c3nc(-c4ccccc4F)c(Cl)cc23)[C@@H](C)C1. The number of amides is 1. The molecule has 4 aromatic rings. The summed E-state index contributed by atoms with van der Waals surface area (Å²) in [5.41, 5.74) is 3.06. The van der Waals surface area contributed by atoms with Crippen LogP contribution < -0.4 is 10.5 Å². The van der Waals surface area contributed by atoms with Gasteiger partial charge in [0, 0.05) is 42.7 Å². The Labute approximate surface area is 232 Å². The molecule has 1 atom stereocenters. The van der Waals surface area contributed by atoms with Crippen LogP contribution in [0.2, 0.25) is 5.02 Å². The number of fused-ring (bicyclic) bond motifs is 1. The zero-order valence-corrected chi connectivity index (χ0v) is 23.0. The lowest BCUT2D eigenvalue weighted by Crippen LogP contribution is -2.53. The van der Waals surface area contributed by atoms with Crippen molar-refractivity contribution in [3.05, 3.63) is 100 Å². The molecule has 0 spiro atoms. The molecular weight excluding hydrogens is 515 g/mol. The Morgan fingerprint density at radius 2 is 1.82 bits per heavy atom. The van der Waals surface area contributed by atoms with E-state index in [4.69, 9.17) is 16.6 Å². The van der Waals surface area contributed by atoms with Crippen LogP contribution in [0.1, 0.15) is 32.3 Å². The predicted octanol–water partition coefficient (Wildman–Crippen LogP) is 6.19. The van der Waals surface area contributed by atoms with Crippen LogP contribution in [0.15, 0.2) is 78.1 Å². The zero-order valence-electron chi connectivity index (χ0n) is 22.2. The fourth-order valence-corrected chi connectivity index (χ4v) is 5.59. The van der Waals surface area contributed by atoms with Crippen LogP contribution in [0.5, 0.6) is 0 Å². The smallest absolute Gasteiger partial charge is 0.258 e. The first kappa shape index (κ1) is 26.6. The van der Waals surface area contributed by atoms with Gasteiger partial charge in [-0.3, -0.25) is 14.2 Å². The molecule has 0 N–H and O–H groups in total. The monoisotopic (exact) mass is 544 g/mol. The van der Waals surface area contributed by atoms with Gasteiger partial charge >= 0.3 is 0 Å².